The van der Waals surface area contributed by atoms with Crippen LogP contribution in [-0.4, -0.2) is 44.6 Å². The topological polar surface area (TPSA) is 56.3 Å². The number of rotatable bonds is 7. The van der Waals surface area contributed by atoms with E-state index in [1.54, 1.807) is 0 Å². The molecule has 0 aliphatic rings. The van der Waals surface area contributed by atoms with Crippen LogP contribution in [-0.2, 0) is 0 Å². The van der Waals surface area contributed by atoms with Crippen LogP contribution in [0.5, 0.6) is 0 Å². The Kier molecular flexibility index (Phi) is 6.24. The standard InChI is InChI=1S/C9H23N3O/c1-8(10-2)7-9(11-3,12-4)5-6-13/h8,10-13H,5-7H2,1-4H3. The molecule has 80 valence electrons. The Morgan fingerprint density at radius 2 is 1.77 bits per heavy atom. The van der Waals surface area contributed by atoms with Gasteiger partial charge in [0.1, 0.15) is 0 Å². The predicted molar refractivity (Wildman–Crippen MR) is 55.7 cm³/mol. The molecule has 0 radical (unpaired) electrons. The number of hydrogen-bond donors (Lipinski definition) is 4. The van der Waals surface area contributed by atoms with Gasteiger partial charge in [0.25, 0.3) is 0 Å². The molecule has 0 heterocycles. The average Bonchev–Trinajstić information content (AvgIpc) is 2.17. The summed E-state index contributed by atoms with van der Waals surface area (Å²) in [5.41, 5.74) is -0.156. The van der Waals surface area contributed by atoms with Crippen molar-refractivity contribution in [1.29, 1.82) is 0 Å². The van der Waals surface area contributed by atoms with Crippen LogP contribution < -0.4 is 16.0 Å². The zero-order chi connectivity index (χ0) is 10.3. The van der Waals surface area contributed by atoms with E-state index in [-0.39, 0.29) is 12.3 Å². The smallest absolute Gasteiger partial charge is 0.0719 e. The summed E-state index contributed by atoms with van der Waals surface area (Å²) in [5.74, 6) is 0. The minimum atomic E-state index is -0.156. The van der Waals surface area contributed by atoms with Gasteiger partial charge in [0.2, 0.25) is 0 Å². The second kappa shape index (κ2) is 6.32. The lowest BCUT2D eigenvalue weighted by atomic mass is 9.98. The minimum absolute atomic E-state index is 0.156. The number of hydrogen-bond acceptors (Lipinski definition) is 4. The largest absolute Gasteiger partial charge is 0.396 e. The lowest BCUT2D eigenvalue weighted by Gasteiger charge is -2.35. The zero-order valence-electron chi connectivity index (χ0n) is 9.15. The molecular formula is C9H23N3O. The minimum Gasteiger partial charge on any atom is -0.396 e. The Morgan fingerprint density at radius 1 is 1.23 bits per heavy atom. The SMILES string of the molecule is CNC(C)CC(CCO)(NC)NC. The second-order valence-electron chi connectivity index (χ2n) is 3.45. The summed E-state index contributed by atoms with van der Waals surface area (Å²) in [5, 5.41) is 18.6. The molecule has 0 aromatic heterocycles. The molecule has 4 heteroatoms. The Bertz CT molecular complexity index is 126. The molecule has 0 aromatic carbocycles. The van der Waals surface area contributed by atoms with E-state index in [2.05, 4.69) is 22.9 Å². The van der Waals surface area contributed by atoms with E-state index in [0.29, 0.717) is 12.5 Å². The lowest BCUT2D eigenvalue weighted by molar-refractivity contribution is 0.172. The summed E-state index contributed by atoms with van der Waals surface area (Å²) in [6.45, 7) is 2.32. The Balaban J connectivity index is 4.19. The average molecular weight is 189 g/mol. The van der Waals surface area contributed by atoms with Gasteiger partial charge in [-0.15, -0.1) is 0 Å². The van der Waals surface area contributed by atoms with Crippen LogP contribution in [0.1, 0.15) is 19.8 Å². The predicted octanol–water partition coefficient (Wildman–Crippen LogP) is -0.498. The first-order chi connectivity index (χ1) is 6.14. The molecule has 1 unspecified atom stereocenters. The van der Waals surface area contributed by atoms with Gasteiger partial charge < -0.3 is 21.1 Å². The second-order valence-corrected chi connectivity index (χ2v) is 3.45. The molecule has 13 heavy (non-hydrogen) atoms. The van der Waals surface area contributed by atoms with Crippen LogP contribution in [0, 0.1) is 0 Å². The van der Waals surface area contributed by atoms with Gasteiger partial charge in [-0.1, -0.05) is 0 Å². The molecule has 0 spiro atoms. The van der Waals surface area contributed by atoms with Crippen molar-refractivity contribution in [2.45, 2.75) is 31.5 Å². The van der Waals surface area contributed by atoms with Crippen molar-refractivity contribution in [1.82, 2.24) is 16.0 Å². The molecule has 0 amide bonds. The Labute approximate surface area is 81.1 Å². The number of nitrogens with one attached hydrogen (secondary N) is 3. The molecular weight excluding hydrogens is 166 g/mol. The summed E-state index contributed by atoms with van der Waals surface area (Å²) >= 11 is 0. The fourth-order valence-electron chi connectivity index (χ4n) is 1.50. The lowest BCUT2D eigenvalue weighted by Crippen LogP contribution is -2.57. The molecule has 1 atom stereocenters. The Hall–Kier alpha value is -0.160. The highest BCUT2D eigenvalue weighted by atomic mass is 16.3. The molecule has 0 aliphatic carbocycles. The maximum absolute atomic E-state index is 8.95. The highest BCUT2D eigenvalue weighted by molar-refractivity contribution is 4.85. The molecule has 0 saturated heterocycles. The third-order valence-corrected chi connectivity index (χ3v) is 2.64. The van der Waals surface area contributed by atoms with Gasteiger partial charge in [0.05, 0.1) is 5.66 Å². The van der Waals surface area contributed by atoms with E-state index in [4.69, 9.17) is 5.11 Å². The number of aliphatic hydroxyl groups excluding tert-OH is 1. The highest BCUT2D eigenvalue weighted by Gasteiger charge is 2.26. The van der Waals surface area contributed by atoms with Gasteiger partial charge in [-0.2, -0.15) is 0 Å². The zero-order valence-corrected chi connectivity index (χ0v) is 9.15. The van der Waals surface area contributed by atoms with Gasteiger partial charge in [0, 0.05) is 19.1 Å². The first-order valence-electron chi connectivity index (χ1n) is 4.80. The van der Waals surface area contributed by atoms with E-state index < -0.39 is 0 Å². The highest BCUT2D eigenvalue weighted by Crippen LogP contribution is 2.12. The van der Waals surface area contributed by atoms with Crippen LogP contribution in [0.25, 0.3) is 0 Å². The van der Waals surface area contributed by atoms with Crippen molar-refractivity contribution in [3.05, 3.63) is 0 Å². The van der Waals surface area contributed by atoms with Crippen LogP contribution in [0.15, 0.2) is 0 Å². The van der Waals surface area contributed by atoms with Crippen molar-refractivity contribution in [2.75, 3.05) is 27.7 Å². The van der Waals surface area contributed by atoms with E-state index in [9.17, 15) is 0 Å². The van der Waals surface area contributed by atoms with Crippen LogP contribution in [0.2, 0.25) is 0 Å². The van der Waals surface area contributed by atoms with E-state index in [0.717, 1.165) is 6.42 Å². The van der Waals surface area contributed by atoms with Gasteiger partial charge in [0.15, 0.2) is 0 Å². The first-order valence-corrected chi connectivity index (χ1v) is 4.80. The normalized spacial score (nSPS) is 14.5. The van der Waals surface area contributed by atoms with Crippen molar-refractivity contribution < 1.29 is 5.11 Å². The van der Waals surface area contributed by atoms with Gasteiger partial charge in [-0.3, -0.25) is 0 Å². The molecule has 0 saturated carbocycles. The first kappa shape index (κ1) is 12.8. The number of aliphatic hydroxyl groups is 1. The summed E-state index contributed by atoms with van der Waals surface area (Å²) in [6, 6.07) is 0.423. The third kappa shape index (κ3) is 4.04. The van der Waals surface area contributed by atoms with Crippen LogP contribution in [0.3, 0.4) is 0 Å². The summed E-state index contributed by atoms with van der Waals surface area (Å²) < 4.78 is 0. The molecule has 4 N–H and O–H groups in total. The van der Waals surface area contributed by atoms with E-state index >= 15 is 0 Å². The van der Waals surface area contributed by atoms with Crippen LogP contribution in [0.4, 0.5) is 0 Å². The van der Waals surface area contributed by atoms with Crippen LogP contribution >= 0.6 is 0 Å². The van der Waals surface area contributed by atoms with Gasteiger partial charge in [-0.05, 0) is 34.5 Å². The fraction of sp³-hybridized carbons (Fsp3) is 1.00. The quantitative estimate of drug-likeness (QED) is 0.408. The summed E-state index contributed by atoms with van der Waals surface area (Å²) in [6.07, 6.45) is 1.66. The molecule has 0 aromatic rings. The van der Waals surface area contributed by atoms with Crippen molar-refractivity contribution in [3.63, 3.8) is 0 Å². The molecule has 0 fully saturated rings. The van der Waals surface area contributed by atoms with Crippen molar-refractivity contribution in [3.8, 4) is 0 Å². The fourth-order valence-corrected chi connectivity index (χ4v) is 1.50. The molecule has 0 rings (SSSR count). The molecule has 0 aliphatic heterocycles. The van der Waals surface area contributed by atoms with E-state index in [1.165, 1.54) is 0 Å². The van der Waals surface area contributed by atoms with Gasteiger partial charge >= 0.3 is 0 Å². The Morgan fingerprint density at radius 3 is 2.08 bits per heavy atom. The summed E-state index contributed by atoms with van der Waals surface area (Å²) in [7, 11) is 5.77. The van der Waals surface area contributed by atoms with Crippen molar-refractivity contribution in [2.24, 2.45) is 0 Å². The molecule has 4 nitrogen and oxygen atoms in total. The maximum atomic E-state index is 8.95. The van der Waals surface area contributed by atoms with E-state index in [1.807, 2.05) is 21.1 Å². The van der Waals surface area contributed by atoms with Gasteiger partial charge in [-0.25, -0.2) is 0 Å². The molecule has 0 bridgehead atoms. The maximum Gasteiger partial charge on any atom is 0.0719 e. The monoisotopic (exact) mass is 189 g/mol. The summed E-state index contributed by atoms with van der Waals surface area (Å²) in [4.78, 5) is 0. The van der Waals surface area contributed by atoms with Crippen molar-refractivity contribution >= 4 is 0 Å². The third-order valence-electron chi connectivity index (χ3n) is 2.64.